The zero-order valence-electron chi connectivity index (χ0n) is 13.3. The lowest BCUT2D eigenvalue weighted by molar-refractivity contribution is 0.122. The number of nitrogens with zero attached hydrogens (tertiary/aromatic N) is 2. The lowest BCUT2D eigenvalue weighted by Gasteiger charge is -2.40. The molecule has 1 saturated heterocycles. The summed E-state index contributed by atoms with van der Waals surface area (Å²) in [4.78, 5) is 4.80. The molecule has 5 nitrogen and oxygen atoms in total. The highest BCUT2D eigenvalue weighted by atomic mass is 16.5. The first kappa shape index (κ1) is 16.1. The van der Waals surface area contributed by atoms with E-state index < -0.39 is 0 Å². The Morgan fingerprint density at radius 2 is 1.81 bits per heavy atom. The standard InChI is InChI=1S/C16H27N3O2/c1-16(13-20,17-2)12-18-8-10-19(11-9-18)14-4-6-15(21-3)7-5-14/h4-7,17,20H,8-13H2,1-3H3. The molecule has 0 amide bonds. The quantitative estimate of drug-likeness (QED) is 0.812. The van der Waals surface area contributed by atoms with Gasteiger partial charge in [-0.2, -0.15) is 0 Å². The van der Waals surface area contributed by atoms with Crippen molar-refractivity contribution in [1.29, 1.82) is 0 Å². The normalized spacial score (nSPS) is 19.3. The third-order valence-corrected chi connectivity index (χ3v) is 4.33. The Hall–Kier alpha value is -1.30. The lowest BCUT2D eigenvalue weighted by Crippen LogP contribution is -2.56. The van der Waals surface area contributed by atoms with Crippen LogP contribution in [0.5, 0.6) is 5.75 Å². The molecule has 0 aliphatic carbocycles. The van der Waals surface area contributed by atoms with Gasteiger partial charge in [-0.3, -0.25) is 4.90 Å². The molecule has 1 unspecified atom stereocenters. The number of ether oxygens (including phenoxy) is 1. The molecule has 5 heteroatoms. The van der Waals surface area contributed by atoms with Gasteiger partial charge in [0.05, 0.1) is 19.3 Å². The Kier molecular flexibility index (Phi) is 5.45. The molecule has 0 aromatic heterocycles. The number of anilines is 1. The van der Waals surface area contributed by atoms with Crippen LogP contribution in [0.15, 0.2) is 24.3 Å². The van der Waals surface area contributed by atoms with Gasteiger partial charge in [0.15, 0.2) is 0 Å². The summed E-state index contributed by atoms with van der Waals surface area (Å²) in [5.74, 6) is 0.894. The monoisotopic (exact) mass is 293 g/mol. The smallest absolute Gasteiger partial charge is 0.119 e. The lowest BCUT2D eigenvalue weighted by atomic mass is 10.0. The van der Waals surface area contributed by atoms with Crippen LogP contribution in [0.2, 0.25) is 0 Å². The second kappa shape index (κ2) is 7.11. The van der Waals surface area contributed by atoms with Crippen LogP contribution >= 0.6 is 0 Å². The zero-order chi connectivity index (χ0) is 15.3. The van der Waals surface area contributed by atoms with Crippen LogP contribution in [-0.2, 0) is 0 Å². The molecule has 0 spiro atoms. The topological polar surface area (TPSA) is 48.0 Å². The first-order valence-corrected chi connectivity index (χ1v) is 7.51. The maximum absolute atomic E-state index is 9.48. The van der Waals surface area contributed by atoms with E-state index in [0.717, 1.165) is 38.5 Å². The number of benzene rings is 1. The van der Waals surface area contributed by atoms with Gasteiger partial charge in [-0.25, -0.2) is 0 Å². The SMILES string of the molecule is CNC(C)(CO)CN1CCN(c2ccc(OC)cc2)CC1. The number of likely N-dealkylation sites (N-methyl/N-ethyl adjacent to an activating group) is 1. The number of aliphatic hydroxyl groups excluding tert-OH is 1. The molecule has 1 aromatic carbocycles. The van der Waals surface area contributed by atoms with Gasteiger partial charge in [-0.15, -0.1) is 0 Å². The summed E-state index contributed by atoms with van der Waals surface area (Å²) in [7, 11) is 3.59. The van der Waals surface area contributed by atoms with Gasteiger partial charge in [0.1, 0.15) is 5.75 Å². The van der Waals surface area contributed by atoms with Crippen LogP contribution in [0.25, 0.3) is 0 Å². The summed E-state index contributed by atoms with van der Waals surface area (Å²) in [6.07, 6.45) is 0. The Labute approximate surface area is 127 Å². The van der Waals surface area contributed by atoms with Gasteiger partial charge in [0.2, 0.25) is 0 Å². The minimum Gasteiger partial charge on any atom is -0.497 e. The largest absolute Gasteiger partial charge is 0.497 e. The fraction of sp³-hybridized carbons (Fsp3) is 0.625. The molecule has 21 heavy (non-hydrogen) atoms. The van der Waals surface area contributed by atoms with Crippen LogP contribution in [0.4, 0.5) is 5.69 Å². The van der Waals surface area contributed by atoms with Crippen molar-refractivity contribution in [2.75, 3.05) is 58.4 Å². The molecule has 1 aromatic rings. The molecular formula is C16H27N3O2. The minimum absolute atomic E-state index is 0.155. The molecule has 118 valence electrons. The summed E-state index contributed by atoms with van der Waals surface area (Å²) in [6, 6.07) is 8.23. The first-order valence-electron chi connectivity index (χ1n) is 7.51. The third-order valence-electron chi connectivity index (χ3n) is 4.33. The van der Waals surface area contributed by atoms with E-state index in [1.54, 1.807) is 7.11 Å². The summed E-state index contributed by atoms with van der Waals surface area (Å²) < 4.78 is 5.20. The maximum Gasteiger partial charge on any atom is 0.119 e. The van der Waals surface area contributed by atoms with E-state index >= 15 is 0 Å². The Balaban J connectivity index is 1.87. The fourth-order valence-corrected chi connectivity index (χ4v) is 2.66. The number of hydrogen-bond acceptors (Lipinski definition) is 5. The average molecular weight is 293 g/mol. The van der Waals surface area contributed by atoms with Gasteiger partial charge < -0.3 is 20.1 Å². The van der Waals surface area contributed by atoms with E-state index in [9.17, 15) is 5.11 Å². The zero-order valence-corrected chi connectivity index (χ0v) is 13.3. The number of nitrogens with one attached hydrogen (secondary N) is 1. The van der Waals surface area contributed by atoms with Crippen molar-refractivity contribution >= 4 is 5.69 Å². The second-order valence-electron chi connectivity index (χ2n) is 5.93. The average Bonchev–Trinajstić information content (AvgIpc) is 2.55. The highest BCUT2D eigenvalue weighted by Gasteiger charge is 2.26. The predicted molar refractivity (Wildman–Crippen MR) is 86.2 cm³/mol. The van der Waals surface area contributed by atoms with E-state index in [0.29, 0.717) is 0 Å². The van der Waals surface area contributed by atoms with Gasteiger partial charge in [-0.1, -0.05) is 0 Å². The molecular weight excluding hydrogens is 266 g/mol. The summed E-state index contributed by atoms with van der Waals surface area (Å²) in [6.45, 7) is 7.14. The molecule has 0 saturated carbocycles. The molecule has 1 fully saturated rings. The molecule has 1 atom stereocenters. The molecule has 1 heterocycles. The van der Waals surface area contributed by atoms with Crippen molar-refractivity contribution in [2.45, 2.75) is 12.5 Å². The fourth-order valence-electron chi connectivity index (χ4n) is 2.66. The van der Waals surface area contributed by atoms with E-state index in [1.807, 2.05) is 19.2 Å². The minimum atomic E-state index is -0.220. The number of hydrogen-bond donors (Lipinski definition) is 2. The number of rotatable bonds is 6. The highest BCUT2D eigenvalue weighted by molar-refractivity contribution is 5.49. The van der Waals surface area contributed by atoms with E-state index in [-0.39, 0.29) is 12.1 Å². The van der Waals surface area contributed by atoms with Crippen LogP contribution in [-0.4, -0.2) is 69.0 Å². The van der Waals surface area contributed by atoms with Crippen LogP contribution in [0.1, 0.15) is 6.92 Å². The third kappa shape index (κ3) is 4.09. The van der Waals surface area contributed by atoms with Gasteiger partial charge in [0.25, 0.3) is 0 Å². The van der Waals surface area contributed by atoms with Crippen molar-refractivity contribution in [2.24, 2.45) is 0 Å². The van der Waals surface area contributed by atoms with Crippen molar-refractivity contribution in [3.05, 3.63) is 24.3 Å². The van der Waals surface area contributed by atoms with E-state index in [4.69, 9.17) is 4.74 Å². The van der Waals surface area contributed by atoms with Crippen molar-refractivity contribution in [1.82, 2.24) is 10.2 Å². The molecule has 0 radical (unpaired) electrons. The second-order valence-corrected chi connectivity index (χ2v) is 5.93. The Morgan fingerprint density at radius 3 is 2.29 bits per heavy atom. The number of piperazine rings is 1. The van der Waals surface area contributed by atoms with Gasteiger partial charge in [-0.05, 0) is 38.2 Å². The Bertz CT molecular complexity index is 424. The van der Waals surface area contributed by atoms with Crippen molar-refractivity contribution in [3.63, 3.8) is 0 Å². The summed E-state index contributed by atoms with van der Waals surface area (Å²) in [5, 5.41) is 12.7. The number of methoxy groups -OCH3 is 1. The van der Waals surface area contributed by atoms with Crippen LogP contribution in [0, 0.1) is 0 Å². The number of aliphatic hydroxyl groups is 1. The molecule has 1 aliphatic heterocycles. The van der Waals surface area contributed by atoms with Gasteiger partial charge >= 0.3 is 0 Å². The Morgan fingerprint density at radius 1 is 1.19 bits per heavy atom. The van der Waals surface area contributed by atoms with Crippen LogP contribution < -0.4 is 15.0 Å². The van der Waals surface area contributed by atoms with Crippen molar-refractivity contribution < 1.29 is 9.84 Å². The first-order chi connectivity index (χ1) is 10.1. The summed E-state index contributed by atoms with van der Waals surface area (Å²) >= 11 is 0. The predicted octanol–water partition coefficient (Wildman–Crippen LogP) is 0.788. The summed E-state index contributed by atoms with van der Waals surface area (Å²) in [5.41, 5.74) is 1.02. The molecule has 0 bridgehead atoms. The maximum atomic E-state index is 9.48. The van der Waals surface area contributed by atoms with E-state index in [2.05, 4.69) is 34.2 Å². The van der Waals surface area contributed by atoms with Crippen molar-refractivity contribution in [3.8, 4) is 5.75 Å². The van der Waals surface area contributed by atoms with Gasteiger partial charge in [0, 0.05) is 38.4 Å². The molecule has 2 rings (SSSR count). The molecule has 2 N–H and O–H groups in total. The molecule has 1 aliphatic rings. The van der Waals surface area contributed by atoms with E-state index in [1.165, 1.54) is 5.69 Å². The van der Waals surface area contributed by atoms with Crippen LogP contribution in [0.3, 0.4) is 0 Å². The highest BCUT2D eigenvalue weighted by Crippen LogP contribution is 2.21.